The third-order valence-electron chi connectivity index (χ3n) is 4.13. The standard InChI is InChI=1S/C23H24N4O2S/c1-16-13-17(2)26-23(25-16)30-18(3)22(28)27-24-14-19-9-11-21(12-10-19)29-15-20-7-5-4-6-8-20/h4-14,18H,15H2,1-3H3,(H,27,28)/b24-14-/t18-/m1/s1. The molecule has 0 radical (unpaired) electrons. The average molecular weight is 421 g/mol. The number of hydrogen-bond donors (Lipinski definition) is 1. The molecule has 1 heterocycles. The van der Waals surface area contributed by atoms with Gasteiger partial charge >= 0.3 is 0 Å². The molecule has 30 heavy (non-hydrogen) atoms. The molecule has 1 amide bonds. The molecule has 0 bridgehead atoms. The maximum absolute atomic E-state index is 12.3. The first kappa shape index (κ1) is 21.5. The SMILES string of the molecule is Cc1cc(C)nc(S[C@H](C)C(=O)N/N=C\c2ccc(OCc3ccccc3)cc2)n1. The Balaban J connectivity index is 1.47. The van der Waals surface area contributed by atoms with Crippen molar-refractivity contribution < 1.29 is 9.53 Å². The summed E-state index contributed by atoms with van der Waals surface area (Å²) in [4.78, 5) is 21.0. The number of ether oxygens (including phenoxy) is 1. The van der Waals surface area contributed by atoms with Gasteiger partial charge in [0, 0.05) is 11.4 Å². The number of aromatic nitrogens is 2. The van der Waals surface area contributed by atoms with Crippen LogP contribution in [0, 0.1) is 13.8 Å². The van der Waals surface area contributed by atoms with Gasteiger partial charge in [0.1, 0.15) is 12.4 Å². The largest absolute Gasteiger partial charge is 0.489 e. The third kappa shape index (κ3) is 6.70. The van der Waals surface area contributed by atoms with Gasteiger partial charge in [-0.3, -0.25) is 4.79 Å². The molecular formula is C23H24N4O2S. The van der Waals surface area contributed by atoms with Gasteiger partial charge in [0.05, 0.1) is 11.5 Å². The Morgan fingerprint density at radius 2 is 1.77 bits per heavy atom. The van der Waals surface area contributed by atoms with Crippen LogP contribution in [0.3, 0.4) is 0 Å². The van der Waals surface area contributed by atoms with Crippen molar-refractivity contribution in [1.82, 2.24) is 15.4 Å². The summed E-state index contributed by atoms with van der Waals surface area (Å²) in [5.41, 5.74) is 6.30. The number of thioether (sulfide) groups is 1. The monoisotopic (exact) mass is 420 g/mol. The highest BCUT2D eigenvalue weighted by atomic mass is 32.2. The quantitative estimate of drug-likeness (QED) is 0.254. The zero-order valence-corrected chi connectivity index (χ0v) is 18.0. The van der Waals surface area contributed by atoms with Gasteiger partial charge in [0.2, 0.25) is 0 Å². The number of benzene rings is 2. The minimum absolute atomic E-state index is 0.207. The summed E-state index contributed by atoms with van der Waals surface area (Å²) in [6.07, 6.45) is 1.60. The molecule has 0 unspecified atom stereocenters. The molecule has 7 heteroatoms. The van der Waals surface area contributed by atoms with E-state index in [0.717, 1.165) is 28.3 Å². The van der Waals surface area contributed by atoms with E-state index in [9.17, 15) is 4.79 Å². The molecule has 1 aromatic heterocycles. The van der Waals surface area contributed by atoms with Crippen molar-refractivity contribution in [3.63, 3.8) is 0 Å². The van der Waals surface area contributed by atoms with Crippen LogP contribution in [0.1, 0.15) is 29.4 Å². The highest BCUT2D eigenvalue weighted by Gasteiger charge is 2.15. The van der Waals surface area contributed by atoms with Crippen LogP contribution in [0.4, 0.5) is 0 Å². The number of nitrogens with one attached hydrogen (secondary N) is 1. The van der Waals surface area contributed by atoms with Crippen molar-refractivity contribution in [3.8, 4) is 5.75 Å². The first-order valence-corrected chi connectivity index (χ1v) is 10.5. The number of hydrazone groups is 1. The van der Waals surface area contributed by atoms with E-state index in [0.29, 0.717) is 11.8 Å². The normalized spacial score (nSPS) is 12.0. The lowest BCUT2D eigenvalue weighted by atomic mass is 10.2. The van der Waals surface area contributed by atoms with Gasteiger partial charge in [0.25, 0.3) is 5.91 Å². The summed E-state index contributed by atoms with van der Waals surface area (Å²) in [6, 6.07) is 19.4. The number of rotatable bonds is 8. The molecule has 6 nitrogen and oxygen atoms in total. The molecule has 3 aromatic rings. The molecule has 1 N–H and O–H groups in total. The first-order chi connectivity index (χ1) is 14.5. The van der Waals surface area contributed by atoms with E-state index in [1.165, 1.54) is 11.8 Å². The number of nitrogens with zero attached hydrogens (tertiary/aromatic N) is 3. The predicted octanol–water partition coefficient (Wildman–Crippen LogP) is 4.30. The Kier molecular flexibility index (Phi) is 7.57. The van der Waals surface area contributed by atoms with Crippen LogP contribution < -0.4 is 10.2 Å². The second-order valence-electron chi connectivity index (χ2n) is 6.77. The van der Waals surface area contributed by atoms with Crippen LogP contribution in [-0.4, -0.2) is 27.3 Å². The Morgan fingerprint density at radius 1 is 1.10 bits per heavy atom. The van der Waals surface area contributed by atoms with Crippen LogP contribution >= 0.6 is 11.8 Å². The number of hydrogen-bond acceptors (Lipinski definition) is 6. The predicted molar refractivity (Wildman–Crippen MR) is 120 cm³/mol. The van der Waals surface area contributed by atoms with Crippen molar-refractivity contribution in [2.75, 3.05) is 0 Å². The fourth-order valence-corrected chi connectivity index (χ4v) is 3.48. The van der Waals surface area contributed by atoms with Crippen molar-refractivity contribution in [2.45, 2.75) is 37.8 Å². The molecule has 154 valence electrons. The molecule has 3 rings (SSSR count). The maximum atomic E-state index is 12.3. The number of aryl methyl sites for hydroxylation is 2. The summed E-state index contributed by atoms with van der Waals surface area (Å²) >= 11 is 1.31. The van der Waals surface area contributed by atoms with Crippen LogP contribution in [0.25, 0.3) is 0 Å². The molecule has 0 saturated heterocycles. The molecule has 1 atom stereocenters. The van der Waals surface area contributed by atoms with Gasteiger partial charge in [-0.25, -0.2) is 15.4 Å². The fourth-order valence-electron chi connectivity index (χ4n) is 2.61. The number of carbonyl (C=O) groups is 1. The highest BCUT2D eigenvalue weighted by Crippen LogP contribution is 2.20. The molecule has 0 aliphatic rings. The van der Waals surface area contributed by atoms with Gasteiger partial charge in [-0.15, -0.1) is 0 Å². The van der Waals surface area contributed by atoms with E-state index in [1.54, 1.807) is 13.1 Å². The number of amides is 1. The third-order valence-corrected chi connectivity index (χ3v) is 5.09. The van der Waals surface area contributed by atoms with Crippen LogP contribution in [-0.2, 0) is 11.4 Å². The Labute approximate surface area is 180 Å². The fraction of sp³-hybridized carbons (Fsp3) is 0.217. The van der Waals surface area contributed by atoms with E-state index < -0.39 is 0 Å². The van der Waals surface area contributed by atoms with Crippen LogP contribution in [0.2, 0.25) is 0 Å². The van der Waals surface area contributed by atoms with Crippen molar-refractivity contribution in [3.05, 3.63) is 83.2 Å². The van der Waals surface area contributed by atoms with Crippen molar-refractivity contribution >= 4 is 23.9 Å². The smallest absolute Gasteiger partial charge is 0.253 e. The molecule has 0 spiro atoms. The zero-order chi connectivity index (χ0) is 21.3. The van der Waals surface area contributed by atoms with E-state index in [4.69, 9.17) is 4.74 Å². The van der Waals surface area contributed by atoms with E-state index in [-0.39, 0.29) is 11.2 Å². The van der Waals surface area contributed by atoms with Gasteiger partial charge < -0.3 is 4.74 Å². The lowest BCUT2D eigenvalue weighted by Crippen LogP contribution is -2.27. The summed E-state index contributed by atoms with van der Waals surface area (Å²) in [7, 11) is 0. The van der Waals surface area contributed by atoms with Gasteiger partial charge in [-0.2, -0.15) is 5.10 Å². The van der Waals surface area contributed by atoms with E-state index >= 15 is 0 Å². The lowest BCUT2D eigenvalue weighted by Gasteiger charge is -2.09. The van der Waals surface area contributed by atoms with Crippen LogP contribution in [0.5, 0.6) is 5.75 Å². The van der Waals surface area contributed by atoms with Gasteiger partial charge in [-0.1, -0.05) is 42.1 Å². The Bertz CT molecular complexity index is 987. The van der Waals surface area contributed by atoms with Crippen molar-refractivity contribution in [1.29, 1.82) is 0 Å². The first-order valence-electron chi connectivity index (χ1n) is 9.58. The summed E-state index contributed by atoms with van der Waals surface area (Å²) < 4.78 is 5.77. The Hall–Kier alpha value is -3.19. The average Bonchev–Trinajstić information content (AvgIpc) is 2.73. The second kappa shape index (κ2) is 10.5. The summed E-state index contributed by atoms with van der Waals surface area (Å²) in [5.74, 6) is 0.570. The van der Waals surface area contributed by atoms with Gasteiger partial charge in [0.15, 0.2) is 5.16 Å². The maximum Gasteiger partial charge on any atom is 0.253 e. The zero-order valence-electron chi connectivity index (χ0n) is 17.2. The molecule has 2 aromatic carbocycles. The summed E-state index contributed by atoms with van der Waals surface area (Å²) in [5, 5.41) is 4.27. The molecular weight excluding hydrogens is 396 g/mol. The highest BCUT2D eigenvalue weighted by molar-refractivity contribution is 8.00. The topological polar surface area (TPSA) is 76.5 Å². The number of carbonyl (C=O) groups excluding carboxylic acids is 1. The molecule has 0 aliphatic carbocycles. The minimum Gasteiger partial charge on any atom is -0.489 e. The molecule has 0 fully saturated rings. The van der Waals surface area contributed by atoms with Crippen LogP contribution in [0.15, 0.2) is 70.9 Å². The Morgan fingerprint density at radius 3 is 2.43 bits per heavy atom. The minimum atomic E-state index is -0.364. The summed E-state index contributed by atoms with van der Waals surface area (Å²) in [6.45, 7) is 6.14. The van der Waals surface area contributed by atoms with Crippen molar-refractivity contribution in [2.24, 2.45) is 5.10 Å². The lowest BCUT2D eigenvalue weighted by molar-refractivity contribution is -0.120. The van der Waals surface area contributed by atoms with E-state index in [2.05, 4.69) is 20.5 Å². The second-order valence-corrected chi connectivity index (χ2v) is 8.08. The molecule has 0 aliphatic heterocycles. The van der Waals surface area contributed by atoms with E-state index in [1.807, 2.05) is 74.5 Å². The molecule has 0 saturated carbocycles. The van der Waals surface area contributed by atoms with Gasteiger partial charge in [-0.05, 0) is 62.2 Å².